The Hall–Kier alpha value is -2.95. The maximum Gasteiger partial charge on any atom is 0.320 e. The molecular weight excluding hydrogens is 340 g/mol. The number of aryl methyl sites for hydroxylation is 1. The second kappa shape index (κ2) is 6.28. The van der Waals surface area contributed by atoms with Crippen LogP contribution in [0.25, 0.3) is 0 Å². The van der Waals surface area contributed by atoms with E-state index in [2.05, 4.69) is 10.4 Å². The Morgan fingerprint density at radius 3 is 2.71 bits per heavy atom. The van der Waals surface area contributed by atoms with Gasteiger partial charge in [-0.05, 0) is 18.2 Å². The largest absolute Gasteiger partial charge is 0.506 e. The molecule has 0 unspecified atom stereocenters. The third kappa shape index (κ3) is 3.35. The van der Waals surface area contributed by atoms with Gasteiger partial charge in [0.2, 0.25) is 5.69 Å². The van der Waals surface area contributed by atoms with Crippen LogP contribution in [0.3, 0.4) is 0 Å². The van der Waals surface area contributed by atoms with Gasteiger partial charge in [-0.2, -0.15) is 5.10 Å². The summed E-state index contributed by atoms with van der Waals surface area (Å²) in [5.74, 6) is -1.47. The molecule has 1 heterocycles. The summed E-state index contributed by atoms with van der Waals surface area (Å²) in [7, 11) is -2.13. The summed E-state index contributed by atoms with van der Waals surface area (Å²) in [6.45, 7) is 1.46. The van der Waals surface area contributed by atoms with Crippen molar-refractivity contribution < 1.29 is 23.2 Å². The number of amides is 1. The van der Waals surface area contributed by atoms with Crippen molar-refractivity contribution in [2.45, 2.75) is 11.8 Å². The number of nitrogens with zero attached hydrogens (tertiary/aromatic N) is 3. The number of hydrogen-bond donors (Lipinski definition) is 2. The molecule has 2 N–H and O–H groups in total. The number of carbonyl (C=O) groups excluding carboxylic acids is 1. The topological polar surface area (TPSA) is 144 Å². The molecule has 0 saturated heterocycles. The molecule has 0 radical (unpaired) electrons. The zero-order valence-electron chi connectivity index (χ0n) is 12.8. The van der Waals surface area contributed by atoms with Crippen molar-refractivity contribution in [1.29, 1.82) is 0 Å². The molecule has 0 atom stereocenters. The zero-order valence-corrected chi connectivity index (χ0v) is 13.6. The van der Waals surface area contributed by atoms with Crippen molar-refractivity contribution in [3.8, 4) is 5.75 Å². The first kappa shape index (κ1) is 17.4. The molecule has 0 bridgehead atoms. The number of carbonyl (C=O) groups is 1. The lowest BCUT2D eigenvalue weighted by Crippen LogP contribution is -2.15. The third-order valence-corrected chi connectivity index (χ3v) is 4.91. The molecule has 1 aromatic heterocycles. The number of rotatable bonds is 5. The minimum atomic E-state index is -3.55. The fourth-order valence-electron chi connectivity index (χ4n) is 1.93. The van der Waals surface area contributed by atoms with E-state index in [1.165, 1.54) is 20.0 Å². The monoisotopic (exact) mass is 354 g/mol. The van der Waals surface area contributed by atoms with Crippen LogP contribution < -0.4 is 5.32 Å². The highest BCUT2D eigenvalue weighted by Crippen LogP contribution is 2.28. The molecule has 128 valence electrons. The number of benzene rings is 1. The molecule has 24 heavy (non-hydrogen) atoms. The van der Waals surface area contributed by atoms with E-state index in [1.807, 2.05) is 0 Å². The SMILES string of the molecule is CCS(=O)(=O)c1ccc(O)c(NC(=O)c2nn(C)cc2[N+](=O)[O-])c1. The van der Waals surface area contributed by atoms with E-state index in [0.29, 0.717) is 0 Å². The highest BCUT2D eigenvalue weighted by atomic mass is 32.2. The molecule has 0 aliphatic heterocycles. The van der Waals surface area contributed by atoms with Gasteiger partial charge >= 0.3 is 5.69 Å². The smallest absolute Gasteiger partial charge is 0.320 e. The first-order valence-electron chi connectivity index (χ1n) is 6.71. The average molecular weight is 354 g/mol. The van der Waals surface area contributed by atoms with Gasteiger partial charge in [-0.1, -0.05) is 6.92 Å². The molecule has 1 aromatic carbocycles. The molecule has 2 rings (SSSR count). The van der Waals surface area contributed by atoms with Crippen molar-refractivity contribution >= 4 is 27.1 Å². The molecule has 0 fully saturated rings. The number of phenols is 1. The van der Waals surface area contributed by atoms with Gasteiger partial charge in [0.15, 0.2) is 9.84 Å². The number of phenolic OH excluding ortho intramolecular Hbond substituents is 1. The Kier molecular flexibility index (Phi) is 4.55. The van der Waals surface area contributed by atoms with Crippen LogP contribution in [0.5, 0.6) is 5.75 Å². The molecule has 0 saturated carbocycles. The van der Waals surface area contributed by atoms with Gasteiger partial charge in [-0.3, -0.25) is 19.6 Å². The Balaban J connectivity index is 2.40. The fourth-order valence-corrected chi connectivity index (χ4v) is 2.83. The number of sulfone groups is 1. The van der Waals surface area contributed by atoms with Crippen LogP contribution in [0.2, 0.25) is 0 Å². The van der Waals surface area contributed by atoms with E-state index in [4.69, 9.17) is 0 Å². The fraction of sp³-hybridized carbons (Fsp3) is 0.231. The van der Waals surface area contributed by atoms with Gasteiger partial charge in [0, 0.05) is 7.05 Å². The molecule has 11 heteroatoms. The van der Waals surface area contributed by atoms with Crippen molar-refractivity contribution in [2.75, 3.05) is 11.1 Å². The summed E-state index contributed by atoms with van der Waals surface area (Å²) in [5.41, 5.74) is -1.15. The van der Waals surface area contributed by atoms with Gasteiger partial charge in [-0.25, -0.2) is 8.42 Å². The first-order valence-corrected chi connectivity index (χ1v) is 8.36. The summed E-state index contributed by atoms with van der Waals surface area (Å²) in [6, 6.07) is 3.40. The molecular formula is C13H14N4O6S. The van der Waals surface area contributed by atoms with Gasteiger partial charge in [-0.15, -0.1) is 0 Å². The van der Waals surface area contributed by atoms with Crippen LogP contribution in [0.15, 0.2) is 29.3 Å². The van der Waals surface area contributed by atoms with Gasteiger partial charge in [0.05, 0.1) is 21.3 Å². The quantitative estimate of drug-likeness (QED) is 0.464. The lowest BCUT2D eigenvalue weighted by Gasteiger charge is -2.08. The summed E-state index contributed by atoms with van der Waals surface area (Å²) in [6.07, 6.45) is 1.06. The third-order valence-electron chi connectivity index (χ3n) is 3.18. The molecule has 0 aliphatic carbocycles. The predicted octanol–water partition coefficient (Wildman–Crippen LogP) is 1.08. The van der Waals surface area contributed by atoms with Crippen LogP contribution in [0.1, 0.15) is 17.4 Å². The summed E-state index contributed by atoms with van der Waals surface area (Å²) in [5, 5.41) is 26.7. The van der Waals surface area contributed by atoms with Crippen molar-refractivity contribution in [1.82, 2.24) is 9.78 Å². The van der Waals surface area contributed by atoms with E-state index in [1.54, 1.807) is 0 Å². The van der Waals surface area contributed by atoms with Gasteiger partial charge < -0.3 is 10.4 Å². The predicted molar refractivity (Wildman–Crippen MR) is 83.6 cm³/mol. The van der Waals surface area contributed by atoms with Gasteiger partial charge in [0.25, 0.3) is 5.91 Å². The average Bonchev–Trinajstić information content (AvgIpc) is 2.91. The minimum Gasteiger partial charge on any atom is -0.506 e. The second-order valence-corrected chi connectivity index (χ2v) is 7.11. The second-order valence-electron chi connectivity index (χ2n) is 4.83. The van der Waals surface area contributed by atoms with Gasteiger partial charge in [0.1, 0.15) is 11.9 Å². The molecule has 0 spiro atoms. The summed E-state index contributed by atoms with van der Waals surface area (Å²) < 4.78 is 24.8. The molecule has 2 aromatic rings. The van der Waals surface area contributed by atoms with Crippen molar-refractivity contribution in [3.63, 3.8) is 0 Å². The van der Waals surface area contributed by atoms with E-state index < -0.39 is 32.0 Å². The number of aromatic nitrogens is 2. The Bertz CT molecular complexity index is 919. The van der Waals surface area contributed by atoms with Crippen LogP contribution in [0, 0.1) is 10.1 Å². The zero-order chi connectivity index (χ0) is 18.1. The lowest BCUT2D eigenvalue weighted by molar-refractivity contribution is -0.385. The Labute approximate surface area is 136 Å². The van der Waals surface area contributed by atoms with E-state index in [-0.39, 0.29) is 22.1 Å². The highest BCUT2D eigenvalue weighted by molar-refractivity contribution is 7.91. The standard InChI is InChI=1S/C13H14N4O6S/c1-3-24(22,23)8-4-5-11(18)9(6-8)14-13(19)12-10(17(20)21)7-16(2)15-12/h4-7,18H,3H2,1-2H3,(H,14,19). The van der Waals surface area contributed by atoms with Crippen LogP contribution >= 0.6 is 0 Å². The number of anilines is 1. The van der Waals surface area contributed by atoms with E-state index in [0.717, 1.165) is 23.0 Å². The van der Waals surface area contributed by atoms with Crippen LogP contribution in [-0.4, -0.2) is 39.9 Å². The van der Waals surface area contributed by atoms with Crippen LogP contribution in [-0.2, 0) is 16.9 Å². The van der Waals surface area contributed by atoms with E-state index in [9.17, 15) is 28.4 Å². The minimum absolute atomic E-state index is 0.0892. The van der Waals surface area contributed by atoms with Crippen molar-refractivity contribution in [2.24, 2.45) is 7.05 Å². The Morgan fingerprint density at radius 1 is 1.46 bits per heavy atom. The van der Waals surface area contributed by atoms with E-state index >= 15 is 0 Å². The number of nitrogens with one attached hydrogen (secondary N) is 1. The molecule has 1 amide bonds. The van der Waals surface area contributed by atoms with Crippen molar-refractivity contribution in [3.05, 3.63) is 40.2 Å². The lowest BCUT2D eigenvalue weighted by atomic mass is 10.2. The molecule has 0 aliphatic rings. The highest BCUT2D eigenvalue weighted by Gasteiger charge is 2.26. The maximum atomic E-state index is 12.2. The Morgan fingerprint density at radius 2 is 2.12 bits per heavy atom. The normalized spacial score (nSPS) is 11.2. The molecule has 10 nitrogen and oxygen atoms in total. The number of aromatic hydroxyl groups is 1. The summed E-state index contributed by atoms with van der Waals surface area (Å²) >= 11 is 0. The number of nitro groups is 1. The number of hydrogen-bond acceptors (Lipinski definition) is 7. The summed E-state index contributed by atoms with van der Waals surface area (Å²) in [4.78, 5) is 22.3. The van der Waals surface area contributed by atoms with Crippen LogP contribution in [0.4, 0.5) is 11.4 Å². The first-order chi connectivity index (χ1) is 11.2. The maximum absolute atomic E-state index is 12.2.